The summed E-state index contributed by atoms with van der Waals surface area (Å²) < 4.78 is 5.69. The standard InChI is InChI=1S/C21H28N2O3.ClH/c1-23-16-10-11-19(23)18-13-26-21(25)5-3-2-4-20(24)22-15-8-6-14(7-9-15)17(18)12-16;/h6-9,16-19H,2-5,10-13H2,1H3,(H,22,24);1H/t16-,17+,18-,19+;/m0./s1. The van der Waals surface area contributed by atoms with Crippen molar-refractivity contribution in [2.75, 3.05) is 19.0 Å². The van der Waals surface area contributed by atoms with Crippen molar-refractivity contribution in [2.24, 2.45) is 5.92 Å². The topological polar surface area (TPSA) is 58.6 Å². The molecule has 6 heteroatoms. The van der Waals surface area contributed by atoms with Crippen LogP contribution in [-0.2, 0) is 14.3 Å². The molecule has 4 atom stereocenters. The zero-order chi connectivity index (χ0) is 18.1. The summed E-state index contributed by atoms with van der Waals surface area (Å²) in [5, 5.41) is 2.96. The lowest BCUT2D eigenvalue weighted by Gasteiger charge is -2.43. The summed E-state index contributed by atoms with van der Waals surface area (Å²) in [4.78, 5) is 26.7. The van der Waals surface area contributed by atoms with E-state index in [0.717, 1.165) is 12.1 Å². The molecule has 148 valence electrons. The number of ether oxygens (including phenoxy) is 1. The van der Waals surface area contributed by atoms with Gasteiger partial charge in [-0.05, 0) is 62.8 Å². The van der Waals surface area contributed by atoms with E-state index < -0.39 is 0 Å². The molecular formula is C21H29ClN2O3. The molecule has 0 saturated carbocycles. The third-order valence-electron chi connectivity index (χ3n) is 6.53. The van der Waals surface area contributed by atoms with Crippen molar-refractivity contribution in [3.05, 3.63) is 29.8 Å². The number of carbonyl (C=O) groups excluding carboxylic acids is 2. The van der Waals surface area contributed by atoms with Crippen LogP contribution in [0.2, 0.25) is 0 Å². The number of fused-ring (bicyclic) bond motifs is 12. The van der Waals surface area contributed by atoms with Gasteiger partial charge in [0.15, 0.2) is 0 Å². The molecule has 0 spiro atoms. The maximum Gasteiger partial charge on any atom is 0.305 e. The van der Waals surface area contributed by atoms with E-state index in [0.29, 0.717) is 56.2 Å². The third-order valence-corrected chi connectivity index (χ3v) is 6.53. The van der Waals surface area contributed by atoms with Crippen molar-refractivity contribution in [3.63, 3.8) is 0 Å². The monoisotopic (exact) mass is 392 g/mol. The smallest absolute Gasteiger partial charge is 0.305 e. The Morgan fingerprint density at radius 1 is 1.07 bits per heavy atom. The molecule has 5 nitrogen and oxygen atoms in total. The van der Waals surface area contributed by atoms with Crippen LogP contribution >= 0.6 is 12.4 Å². The molecule has 4 bridgehead atoms. The zero-order valence-corrected chi connectivity index (χ0v) is 16.7. The van der Waals surface area contributed by atoms with E-state index in [1.165, 1.54) is 18.4 Å². The molecule has 4 heterocycles. The first-order valence-corrected chi connectivity index (χ1v) is 9.89. The number of carbonyl (C=O) groups is 2. The minimum atomic E-state index is -0.128. The van der Waals surface area contributed by atoms with Gasteiger partial charge in [-0.2, -0.15) is 0 Å². The van der Waals surface area contributed by atoms with Gasteiger partial charge in [-0.25, -0.2) is 0 Å². The van der Waals surface area contributed by atoms with Crippen LogP contribution in [0.3, 0.4) is 0 Å². The van der Waals surface area contributed by atoms with Crippen molar-refractivity contribution in [2.45, 2.75) is 62.9 Å². The van der Waals surface area contributed by atoms with Gasteiger partial charge in [-0.3, -0.25) is 9.59 Å². The summed E-state index contributed by atoms with van der Waals surface area (Å²) in [6.07, 6.45) is 5.78. The van der Waals surface area contributed by atoms with Gasteiger partial charge >= 0.3 is 5.97 Å². The average Bonchev–Trinajstić information content (AvgIpc) is 2.88. The largest absolute Gasteiger partial charge is 0.465 e. The first-order chi connectivity index (χ1) is 12.6. The highest BCUT2D eigenvalue weighted by Crippen LogP contribution is 2.46. The number of amides is 1. The number of nitrogens with one attached hydrogen (secondary N) is 1. The van der Waals surface area contributed by atoms with Crippen LogP contribution in [0.25, 0.3) is 0 Å². The molecule has 2 saturated heterocycles. The number of benzene rings is 1. The Bertz CT molecular complexity index is 679. The van der Waals surface area contributed by atoms with Crippen molar-refractivity contribution >= 4 is 30.0 Å². The Hall–Kier alpha value is -1.59. The molecule has 5 rings (SSSR count). The maximum atomic E-state index is 12.1. The predicted octanol–water partition coefficient (Wildman–Crippen LogP) is 3.73. The second-order valence-electron chi connectivity index (χ2n) is 8.03. The van der Waals surface area contributed by atoms with Crippen molar-refractivity contribution < 1.29 is 14.3 Å². The fraction of sp³-hybridized carbons (Fsp3) is 0.619. The molecule has 1 N–H and O–H groups in total. The maximum absolute atomic E-state index is 12.1. The van der Waals surface area contributed by atoms with Gasteiger partial charge in [-0.1, -0.05) is 12.1 Å². The van der Waals surface area contributed by atoms with Gasteiger partial charge in [0.1, 0.15) is 0 Å². The Morgan fingerprint density at radius 3 is 2.59 bits per heavy atom. The van der Waals surface area contributed by atoms with Crippen molar-refractivity contribution in [1.82, 2.24) is 4.90 Å². The van der Waals surface area contributed by atoms with Crippen LogP contribution in [0, 0.1) is 5.92 Å². The van der Waals surface area contributed by atoms with Crippen LogP contribution in [0.1, 0.15) is 56.4 Å². The number of hydrogen-bond donors (Lipinski definition) is 1. The molecular weight excluding hydrogens is 364 g/mol. The van der Waals surface area contributed by atoms with Gasteiger partial charge in [0, 0.05) is 36.5 Å². The van der Waals surface area contributed by atoms with Gasteiger partial charge in [-0.15, -0.1) is 12.4 Å². The molecule has 4 aliphatic heterocycles. The van der Waals surface area contributed by atoms with E-state index in [1.54, 1.807) is 0 Å². The molecule has 4 aliphatic rings. The Morgan fingerprint density at radius 2 is 1.81 bits per heavy atom. The fourth-order valence-corrected chi connectivity index (χ4v) is 5.04. The molecule has 27 heavy (non-hydrogen) atoms. The molecule has 1 aromatic rings. The minimum absolute atomic E-state index is 0. The van der Waals surface area contributed by atoms with Crippen LogP contribution in [0.4, 0.5) is 5.69 Å². The molecule has 0 aliphatic carbocycles. The first-order valence-electron chi connectivity index (χ1n) is 9.89. The van der Waals surface area contributed by atoms with E-state index in [9.17, 15) is 9.59 Å². The summed E-state index contributed by atoms with van der Waals surface area (Å²) >= 11 is 0. The Labute approximate surface area is 167 Å². The molecule has 0 radical (unpaired) electrons. The predicted molar refractivity (Wildman–Crippen MR) is 107 cm³/mol. The summed E-state index contributed by atoms with van der Waals surface area (Å²) in [6, 6.07) is 9.41. The third kappa shape index (κ3) is 4.30. The van der Waals surface area contributed by atoms with Crippen molar-refractivity contribution in [1.29, 1.82) is 0 Å². The zero-order valence-electron chi connectivity index (χ0n) is 15.9. The molecule has 0 aromatic heterocycles. The van der Waals surface area contributed by atoms with E-state index in [4.69, 9.17) is 4.74 Å². The first kappa shape index (κ1) is 20.2. The lowest BCUT2D eigenvalue weighted by molar-refractivity contribution is -0.146. The summed E-state index contributed by atoms with van der Waals surface area (Å²) in [7, 11) is 2.22. The quantitative estimate of drug-likeness (QED) is 0.683. The minimum Gasteiger partial charge on any atom is -0.465 e. The van der Waals surface area contributed by atoms with E-state index in [1.807, 2.05) is 12.1 Å². The number of esters is 1. The number of hydrogen-bond acceptors (Lipinski definition) is 4. The molecule has 2 fully saturated rings. The number of anilines is 1. The second-order valence-corrected chi connectivity index (χ2v) is 8.03. The number of piperidine rings is 1. The molecule has 1 aromatic carbocycles. The molecule has 1 amide bonds. The summed E-state index contributed by atoms with van der Waals surface area (Å²) in [5.74, 6) is 0.632. The second kappa shape index (κ2) is 8.61. The van der Waals surface area contributed by atoms with Crippen LogP contribution in [-0.4, -0.2) is 42.5 Å². The lowest BCUT2D eigenvalue weighted by Crippen LogP contribution is -2.47. The number of rotatable bonds is 0. The van der Waals surface area contributed by atoms with Gasteiger partial charge < -0.3 is 15.0 Å². The van der Waals surface area contributed by atoms with E-state index in [2.05, 4.69) is 29.4 Å². The Balaban J connectivity index is 0.00000210. The highest BCUT2D eigenvalue weighted by Gasteiger charge is 2.46. The number of nitrogens with zero attached hydrogens (tertiary/aromatic N) is 1. The highest BCUT2D eigenvalue weighted by atomic mass is 35.5. The molecule has 0 unspecified atom stereocenters. The van der Waals surface area contributed by atoms with Gasteiger partial charge in [0.25, 0.3) is 0 Å². The van der Waals surface area contributed by atoms with Crippen LogP contribution < -0.4 is 5.32 Å². The van der Waals surface area contributed by atoms with Gasteiger partial charge in [0.2, 0.25) is 5.91 Å². The number of halogens is 1. The van der Waals surface area contributed by atoms with E-state index in [-0.39, 0.29) is 24.3 Å². The summed E-state index contributed by atoms with van der Waals surface area (Å²) in [6.45, 7) is 0.504. The summed E-state index contributed by atoms with van der Waals surface area (Å²) in [5.41, 5.74) is 2.15. The van der Waals surface area contributed by atoms with E-state index >= 15 is 0 Å². The average molecular weight is 393 g/mol. The van der Waals surface area contributed by atoms with Gasteiger partial charge in [0.05, 0.1) is 6.61 Å². The fourth-order valence-electron chi connectivity index (χ4n) is 5.04. The SMILES string of the molecule is CN1[C@H]2CC[C@@H]1[C@H]1COC(=O)CCCCC(=O)Nc3ccc(cc3)[C@H]1C2.Cl. The highest BCUT2D eigenvalue weighted by molar-refractivity contribution is 5.90. The van der Waals surface area contributed by atoms with Crippen molar-refractivity contribution in [3.8, 4) is 0 Å². The Kier molecular flexibility index (Phi) is 6.43. The van der Waals surface area contributed by atoms with Crippen LogP contribution in [0.15, 0.2) is 24.3 Å². The van der Waals surface area contributed by atoms with Crippen LogP contribution in [0.5, 0.6) is 0 Å². The normalized spacial score (nSPS) is 31.7. The lowest BCUT2D eigenvalue weighted by atomic mass is 9.76.